The van der Waals surface area contributed by atoms with Crippen molar-refractivity contribution in [2.24, 2.45) is 0 Å². The molecule has 0 radical (unpaired) electrons. The van der Waals surface area contributed by atoms with Gasteiger partial charge < -0.3 is 33.5 Å². The van der Waals surface area contributed by atoms with Crippen LogP contribution in [0.3, 0.4) is 0 Å². The molecule has 1 aliphatic heterocycles. The minimum absolute atomic E-state index is 0.0837. The molecular weight excluding hydrogens is 546 g/mol. The highest BCUT2D eigenvalue weighted by molar-refractivity contribution is 5.96. The van der Waals surface area contributed by atoms with Crippen molar-refractivity contribution < 1.29 is 43.1 Å². The summed E-state index contributed by atoms with van der Waals surface area (Å²) in [5.41, 5.74) is 0. The number of urea groups is 2. The topological polar surface area (TPSA) is 119 Å². The minimum atomic E-state index is -1.63. The van der Waals surface area contributed by atoms with Crippen molar-refractivity contribution in [1.82, 2.24) is 14.7 Å². The summed E-state index contributed by atoms with van der Waals surface area (Å²) in [7, 11) is 0. The molecule has 1 saturated heterocycles. The van der Waals surface area contributed by atoms with Gasteiger partial charge in [-0.25, -0.2) is 14.5 Å². The molecule has 3 unspecified atom stereocenters. The van der Waals surface area contributed by atoms with Gasteiger partial charge in [0, 0.05) is 0 Å². The Bertz CT molecular complexity index is 817. The average Bonchev–Trinajstić information content (AvgIpc) is 2.99. The fraction of sp³-hybridized carbons (Fsp3) is 0.533. The Kier molecular flexibility index (Phi) is 19.8. The Labute approximate surface area is 249 Å². The number of carbonyl (C=O) groups is 2. The molecule has 3 atom stereocenters. The first-order valence-electron chi connectivity index (χ1n) is 13.7. The lowest BCUT2D eigenvalue weighted by Gasteiger charge is -2.46. The summed E-state index contributed by atoms with van der Waals surface area (Å²) in [6.07, 6.45) is 5.83. The van der Waals surface area contributed by atoms with E-state index in [-0.39, 0.29) is 79.1 Å². The average molecular weight is 594 g/mol. The third-order valence-electron chi connectivity index (χ3n) is 5.67. The van der Waals surface area contributed by atoms with Crippen LogP contribution < -0.4 is 0 Å². The Balaban J connectivity index is 3.35. The lowest BCUT2D eigenvalue weighted by Crippen LogP contribution is -2.69. The van der Waals surface area contributed by atoms with E-state index in [9.17, 15) is 14.7 Å². The van der Waals surface area contributed by atoms with Crippen LogP contribution in [0.4, 0.5) is 9.59 Å². The highest BCUT2D eigenvalue weighted by atomic mass is 16.5. The molecule has 0 bridgehead atoms. The van der Waals surface area contributed by atoms with Gasteiger partial charge in [0.15, 0.2) is 0 Å². The van der Waals surface area contributed by atoms with Crippen LogP contribution in [0.1, 0.15) is 0 Å². The predicted octanol–water partition coefficient (Wildman–Crippen LogP) is 2.74. The van der Waals surface area contributed by atoms with E-state index in [0.29, 0.717) is 0 Å². The van der Waals surface area contributed by atoms with Gasteiger partial charge in [0.05, 0.1) is 97.4 Å². The molecule has 1 fully saturated rings. The maximum Gasteiger partial charge on any atom is 0.331 e. The van der Waals surface area contributed by atoms with Gasteiger partial charge in [-0.15, -0.1) is 39.5 Å². The van der Waals surface area contributed by atoms with E-state index in [4.69, 9.17) is 28.4 Å². The van der Waals surface area contributed by atoms with Crippen LogP contribution in [0, 0.1) is 0 Å². The Hall–Kier alpha value is -3.10. The number of ether oxygens (including phenoxy) is 6. The summed E-state index contributed by atoms with van der Waals surface area (Å²) in [4.78, 5) is 30.7. The van der Waals surface area contributed by atoms with E-state index in [1.165, 1.54) is 0 Å². The first-order valence-corrected chi connectivity index (χ1v) is 13.7. The van der Waals surface area contributed by atoms with Crippen LogP contribution in [0.25, 0.3) is 0 Å². The second kappa shape index (κ2) is 22.5. The molecule has 236 valence electrons. The monoisotopic (exact) mass is 593 g/mol. The molecule has 0 aromatic carbocycles. The third-order valence-corrected chi connectivity index (χ3v) is 5.67. The summed E-state index contributed by atoms with van der Waals surface area (Å²) in [5, 5.41) is 11.4. The van der Waals surface area contributed by atoms with Crippen molar-refractivity contribution in [3.05, 3.63) is 75.9 Å². The molecule has 42 heavy (non-hydrogen) atoms. The SMILES string of the molecule is C=CCOCC(CN1C(=O)N(CC(COCC=C)OCC=C)C(O)N(CC(COCC=C)OCC=C)C1=O)OCC=C. The fourth-order valence-corrected chi connectivity index (χ4v) is 3.82. The zero-order valence-corrected chi connectivity index (χ0v) is 24.6. The first kappa shape index (κ1) is 36.9. The van der Waals surface area contributed by atoms with Gasteiger partial charge in [-0.2, -0.15) is 0 Å². The molecular formula is C30H47N3O9. The summed E-state index contributed by atoms with van der Waals surface area (Å²) >= 11 is 0. The summed E-state index contributed by atoms with van der Waals surface area (Å²) in [6.45, 7) is 23.2. The van der Waals surface area contributed by atoms with Crippen LogP contribution in [-0.4, -0.2) is 136 Å². The smallest absolute Gasteiger partial charge is 0.331 e. The molecule has 4 amide bonds. The van der Waals surface area contributed by atoms with Crippen molar-refractivity contribution >= 4 is 12.1 Å². The molecule has 12 nitrogen and oxygen atoms in total. The van der Waals surface area contributed by atoms with Crippen LogP contribution in [0.5, 0.6) is 0 Å². The molecule has 0 saturated carbocycles. The Morgan fingerprint density at radius 2 is 0.881 bits per heavy atom. The van der Waals surface area contributed by atoms with E-state index in [0.717, 1.165) is 14.7 Å². The first-order chi connectivity index (χ1) is 20.4. The van der Waals surface area contributed by atoms with Crippen LogP contribution >= 0.6 is 0 Å². The lowest BCUT2D eigenvalue weighted by molar-refractivity contribution is -0.130. The van der Waals surface area contributed by atoms with Crippen LogP contribution in [-0.2, 0) is 28.4 Å². The number of hydrogen-bond donors (Lipinski definition) is 1. The molecule has 1 aliphatic rings. The molecule has 1 heterocycles. The maximum atomic E-state index is 13.7. The quantitative estimate of drug-likeness (QED) is 0.113. The number of amides is 4. The van der Waals surface area contributed by atoms with Gasteiger partial charge in [0.1, 0.15) is 0 Å². The van der Waals surface area contributed by atoms with E-state index in [2.05, 4.69) is 39.5 Å². The molecule has 0 spiro atoms. The summed E-state index contributed by atoms with van der Waals surface area (Å²) in [5.74, 6) is 0. The van der Waals surface area contributed by atoms with Crippen molar-refractivity contribution in [3.8, 4) is 0 Å². The van der Waals surface area contributed by atoms with Crippen LogP contribution in [0.15, 0.2) is 75.9 Å². The number of carbonyl (C=O) groups excluding carboxylic acids is 2. The zero-order valence-electron chi connectivity index (χ0n) is 24.6. The summed E-state index contributed by atoms with van der Waals surface area (Å²) < 4.78 is 34.0. The number of nitrogens with zero attached hydrogens (tertiary/aromatic N) is 3. The third kappa shape index (κ3) is 13.3. The fourth-order valence-electron chi connectivity index (χ4n) is 3.82. The maximum absolute atomic E-state index is 13.7. The van der Waals surface area contributed by atoms with Gasteiger partial charge in [-0.05, 0) is 0 Å². The molecule has 0 aliphatic carbocycles. The van der Waals surface area contributed by atoms with Gasteiger partial charge in [-0.3, -0.25) is 9.80 Å². The van der Waals surface area contributed by atoms with Gasteiger partial charge >= 0.3 is 12.1 Å². The number of aliphatic hydroxyl groups excluding tert-OH is 1. The van der Waals surface area contributed by atoms with E-state index >= 15 is 0 Å². The van der Waals surface area contributed by atoms with Crippen molar-refractivity contribution in [3.63, 3.8) is 0 Å². The standard InChI is InChI=1S/C30H47N3O9/c1-7-13-37-22-25(40-16-10-4)19-31-28(34)32(20-26(41-17-11-5)23-38-14-8-2)30(36)33(29(31)35)21-27(42-18-12-6)24-39-15-9-3/h7-12,25-28,34H,1-6,13-24H2. The van der Waals surface area contributed by atoms with Gasteiger partial charge in [0.25, 0.3) is 0 Å². The normalized spacial score (nSPS) is 17.5. The van der Waals surface area contributed by atoms with Crippen molar-refractivity contribution in [2.45, 2.75) is 24.7 Å². The zero-order chi connectivity index (χ0) is 31.2. The number of hydrogen-bond acceptors (Lipinski definition) is 9. The predicted molar refractivity (Wildman–Crippen MR) is 160 cm³/mol. The van der Waals surface area contributed by atoms with Crippen molar-refractivity contribution in [2.75, 3.05) is 79.1 Å². The number of aliphatic hydroxyl groups is 1. The van der Waals surface area contributed by atoms with E-state index < -0.39 is 36.7 Å². The summed E-state index contributed by atoms with van der Waals surface area (Å²) in [6, 6.07) is -1.47. The molecule has 1 rings (SSSR count). The van der Waals surface area contributed by atoms with E-state index in [1.54, 1.807) is 36.5 Å². The number of rotatable bonds is 27. The molecule has 1 N–H and O–H groups in total. The highest BCUT2D eigenvalue weighted by Crippen LogP contribution is 2.21. The molecule has 0 aromatic rings. The second-order valence-electron chi connectivity index (χ2n) is 9.04. The van der Waals surface area contributed by atoms with E-state index in [1.807, 2.05) is 0 Å². The largest absolute Gasteiger partial charge is 0.375 e. The van der Waals surface area contributed by atoms with Crippen LogP contribution in [0.2, 0.25) is 0 Å². The Morgan fingerprint density at radius 1 is 0.571 bits per heavy atom. The molecule has 0 aromatic heterocycles. The minimum Gasteiger partial charge on any atom is -0.375 e. The molecule has 12 heteroatoms. The second-order valence-corrected chi connectivity index (χ2v) is 9.04. The lowest BCUT2D eigenvalue weighted by atomic mass is 10.2. The Morgan fingerprint density at radius 3 is 1.19 bits per heavy atom. The number of imide groups is 1. The van der Waals surface area contributed by atoms with Gasteiger partial charge in [0.2, 0.25) is 6.35 Å². The highest BCUT2D eigenvalue weighted by Gasteiger charge is 2.45. The van der Waals surface area contributed by atoms with Crippen molar-refractivity contribution in [1.29, 1.82) is 0 Å². The van der Waals surface area contributed by atoms with Gasteiger partial charge in [-0.1, -0.05) is 36.5 Å².